The summed E-state index contributed by atoms with van der Waals surface area (Å²) in [5, 5.41) is 69.2. The average Bonchev–Trinajstić information content (AvgIpc) is 1.36. The van der Waals surface area contributed by atoms with E-state index in [4.69, 9.17) is 49.6 Å². The molecule has 1 aliphatic heterocycles. The van der Waals surface area contributed by atoms with Crippen LogP contribution in [0.25, 0.3) is 0 Å². The minimum atomic E-state index is -1.45. The highest BCUT2D eigenvalue weighted by atomic mass is 16.6. The zero-order chi connectivity index (χ0) is 84.6. The summed E-state index contributed by atoms with van der Waals surface area (Å²) in [6.07, 6.45) is 9.90. The Morgan fingerprint density at radius 1 is 0.523 bits per heavy atom. The second-order valence-electron chi connectivity index (χ2n) is 26.6. The number of ketones is 1. The van der Waals surface area contributed by atoms with E-state index in [1.165, 1.54) is 18.8 Å². The second-order valence-corrected chi connectivity index (χ2v) is 26.6. The molecule has 8 N–H and O–H groups in total. The number of methoxy groups -OCH3 is 2. The number of benzene rings is 2. The number of cyclic esters (lactones) is 2. The number of aliphatic hydroxyl groups excluding tert-OH is 3. The zero-order valence-corrected chi connectivity index (χ0v) is 67.1. The summed E-state index contributed by atoms with van der Waals surface area (Å²) >= 11 is 0. The third kappa shape index (κ3) is 51.2. The molecule has 30 nitrogen and oxygen atoms in total. The van der Waals surface area contributed by atoms with Crippen molar-refractivity contribution in [2.24, 2.45) is 50.3 Å². The van der Waals surface area contributed by atoms with Crippen molar-refractivity contribution in [2.45, 2.75) is 230 Å². The normalized spacial score (nSPS) is 13.6. The number of carboxylic acids is 5. The number of aliphatic imine (C=N–C) groups is 1. The smallest absolute Gasteiger partial charge is 0.339 e. The molecule has 0 aliphatic carbocycles. The van der Waals surface area contributed by atoms with E-state index in [0.29, 0.717) is 37.4 Å². The number of carboxylic acid groups (broad SMARTS) is 5. The van der Waals surface area contributed by atoms with Gasteiger partial charge in [-0.2, -0.15) is 0 Å². The van der Waals surface area contributed by atoms with E-state index in [1.807, 2.05) is 81.4 Å². The lowest BCUT2D eigenvalue weighted by Crippen LogP contribution is -2.31. The second kappa shape index (κ2) is 64.0. The first-order valence-electron chi connectivity index (χ1n) is 35.5. The molecule has 0 radical (unpaired) electrons. The fourth-order valence-electron chi connectivity index (χ4n) is 6.64. The number of unbranched alkanes of at least 4 members (excludes halogenated alkanes) is 3. The van der Waals surface area contributed by atoms with Crippen molar-refractivity contribution in [3.05, 3.63) is 69.8 Å². The zero-order valence-electron chi connectivity index (χ0n) is 67.1. The van der Waals surface area contributed by atoms with Crippen molar-refractivity contribution in [1.82, 2.24) is 0 Å². The molecule has 0 bridgehead atoms. The number of nitrogens with zero attached hydrogens (tertiary/aromatic N) is 1. The summed E-state index contributed by atoms with van der Waals surface area (Å²) in [6.45, 7) is 36.9. The monoisotopic (exact) mass is 1560 g/mol. The van der Waals surface area contributed by atoms with Gasteiger partial charge in [0.2, 0.25) is 6.08 Å². The van der Waals surface area contributed by atoms with Crippen molar-refractivity contribution in [2.75, 3.05) is 73.6 Å². The predicted octanol–water partition coefficient (Wildman–Crippen LogP) is 13.2. The standard InChI is InChI=1S/C18H22O8.C11H14O2.C9H15NO3.C8H16O3.2C7H14O3.C6H8O3.C6H12O2.C5H10O2.2CH4/c1-11(19)12-9-14(17(22)23)15(10-13(12)16(20)21)18(24)26-8-6-4-3-5-7-25-2;1-3-8(2)9-4-6-10(7-5-9)11(12)13;1-4-9(2,3)8(12)13-6-5-10-7-11;1-4-8(2,3)7(10)11-6-5-9;1-4-7(2,5-8)6(9)10-3;1-3-6(2)7(9)10-5-4-8;1-3-4(2)6(8)9-5(3)7;1-4-6(2,3)5(7)8;1-3-4(2)5(6)7;;/h9-10H,3-8H2,1-2H3,(H,20,21)(H,22,23);4-8H,3H2,1-2H3,(H,12,13);4-6H2,1-3H3;9H,4-6H2,1-3H3;8H,4-5H2,1-3H3;6,8H,3-5H2,1-2H3;3-4H,1-2H3;4H2,1-3H3,(H,7,8);4H,3H2,1-2H3,(H,6,7);2*1H4. The van der Waals surface area contributed by atoms with Crippen LogP contribution >= 0.6 is 0 Å². The number of carbonyl (C=O) groups is 13. The SMILES string of the molecule is C.C.CC1C(=O)OC(=O)C1C.CCC(C)(C)C(=O)O.CCC(C)(C)C(=O)OCCN=C=O.CCC(C)(C)C(=O)OCCO.CCC(C)(CO)C(=O)OC.CCC(C)C(=O)O.CCC(C)C(=O)OCCO.CCC(C)c1ccc(C(=O)O)cc1.COCCCCCCOC(=O)c1cc(C(=O)O)c(C(C)=O)cc1C(=O)O. The first-order valence-corrected chi connectivity index (χ1v) is 35.5. The number of Topliss-reactive ketones (excluding diaryl/α,β-unsaturated/α-hetero) is 1. The summed E-state index contributed by atoms with van der Waals surface area (Å²) in [6, 6.07) is 8.86. The Bertz CT molecular complexity index is 3030. The van der Waals surface area contributed by atoms with Crippen molar-refractivity contribution < 1.29 is 141 Å². The van der Waals surface area contributed by atoms with Gasteiger partial charge in [0.05, 0.1) is 108 Å². The Kier molecular flexibility index (Phi) is 68.1. The number of esters is 7. The number of isocyanates is 1. The highest BCUT2D eigenvalue weighted by Gasteiger charge is 2.38. The van der Waals surface area contributed by atoms with Crippen LogP contribution in [0.5, 0.6) is 0 Å². The van der Waals surface area contributed by atoms with Gasteiger partial charge in [-0.3, -0.25) is 43.2 Å². The molecule has 3 rings (SSSR count). The van der Waals surface area contributed by atoms with Gasteiger partial charge in [0.15, 0.2) is 5.78 Å². The summed E-state index contributed by atoms with van der Waals surface area (Å²) in [7, 11) is 2.94. The topological polar surface area (TPSA) is 478 Å². The molecule has 6 unspecified atom stereocenters. The maximum absolute atomic E-state index is 12.2. The van der Waals surface area contributed by atoms with E-state index in [-0.39, 0.29) is 126 Å². The van der Waals surface area contributed by atoms with Crippen LogP contribution in [0.1, 0.15) is 287 Å². The number of hydrogen-bond acceptors (Lipinski definition) is 25. The number of hydrogen-bond donors (Lipinski definition) is 8. The molecule has 1 saturated heterocycles. The summed E-state index contributed by atoms with van der Waals surface area (Å²) in [5.74, 6) is -8.81. The maximum atomic E-state index is 12.2. The van der Waals surface area contributed by atoms with Crippen LogP contribution in [0.2, 0.25) is 0 Å². The van der Waals surface area contributed by atoms with Gasteiger partial charge in [-0.1, -0.05) is 116 Å². The van der Waals surface area contributed by atoms with Gasteiger partial charge < -0.3 is 74.0 Å². The summed E-state index contributed by atoms with van der Waals surface area (Å²) < 4.78 is 33.1. The van der Waals surface area contributed by atoms with Crippen LogP contribution in [-0.2, 0) is 76.3 Å². The Morgan fingerprint density at radius 3 is 1.24 bits per heavy atom. The van der Waals surface area contributed by atoms with Gasteiger partial charge in [0.25, 0.3) is 0 Å². The van der Waals surface area contributed by atoms with Gasteiger partial charge >= 0.3 is 71.6 Å². The minimum Gasteiger partial charge on any atom is -0.481 e. The quantitative estimate of drug-likeness (QED) is 0.00613. The molecule has 0 spiro atoms. The van der Waals surface area contributed by atoms with Crippen molar-refractivity contribution in [3.8, 4) is 0 Å². The van der Waals surface area contributed by atoms with E-state index in [9.17, 15) is 77.3 Å². The lowest BCUT2D eigenvalue weighted by molar-refractivity contribution is -0.155. The molecule has 2 aromatic rings. The number of rotatable bonds is 34. The summed E-state index contributed by atoms with van der Waals surface area (Å²) in [4.78, 5) is 155. The Hall–Kier alpha value is -8.83. The maximum Gasteiger partial charge on any atom is 0.339 e. The molecule has 1 aliphatic rings. The lowest BCUT2D eigenvalue weighted by atomic mass is 9.89. The fourth-order valence-corrected chi connectivity index (χ4v) is 6.64. The first-order chi connectivity index (χ1) is 49.7. The summed E-state index contributed by atoms with van der Waals surface area (Å²) in [5.41, 5.74) is -2.14. The molecule has 0 amide bonds. The van der Waals surface area contributed by atoms with Gasteiger partial charge in [0, 0.05) is 19.3 Å². The Balaban J connectivity index is -0.000000181. The van der Waals surface area contributed by atoms with Crippen molar-refractivity contribution in [3.63, 3.8) is 0 Å². The van der Waals surface area contributed by atoms with E-state index in [2.05, 4.69) is 33.1 Å². The molecule has 628 valence electrons. The molecule has 6 atom stereocenters. The number of carbonyl (C=O) groups excluding carboxylic acids is 9. The number of aliphatic hydroxyl groups is 3. The van der Waals surface area contributed by atoms with E-state index in [1.54, 1.807) is 67.7 Å². The molecule has 0 aromatic heterocycles. The van der Waals surface area contributed by atoms with Crippen molar-refractivity contribution >= 4 is 83.5 Å². The van der Waals surface area contributed by atoms with E-state index < -0.39 is 86.3 Å². The largest absolute Gasteiger partial charge is 0.481 e. The molecule has 1 fully saturated rings. The van der Waals surface area contributed by atoms with E-state index in [0.717, 1.165) is 70.4 Å². The molecular weight excluding hydrogens is 1430 g/mol. The lowest BCUT2D eigenvalue weighted by Gasteiger charge is -2.21. The average molecular weight is 1560 g/mol. The van der Waals surface area contributed by atoms with Crippen LogP contribution in [0.15, 0.2) is 41.4 Å². The van der Waals surface area contributed by atoms with Crippen LogP contribution in [0.4, 0.5) is 0 Å². The molecule has 1 heterocycles. The van der Waals surface area contributed by atoms with Crippen molar-refractivity contribution in [1.29, 1.82) is 0 Å². The Morgan fingerprint density at radius 2 is 0.945 bits per heavy atom. The highest BCUT2D eigenvalue weighted by Crippen LogP contribution is 2.26. The number of aromatic carboxylic acids is 3. The van der Waals surface area contributed by atoms with Gasteiger partial charge in [-0.15, -0.1) is 0 Å². The molecular formula is C79H133NO29. The Labute approximate surface area is 645 Å². The number of ether oxygens (including phenoxy) is 7. The molecule has 109 heavy (non-hydrogen) atoms. The highest BCUT2D eigenvalue weighted by molar-refractivity contribution is 6.11. The van der Waals surface area contributed by atoms with Crippen LogP contribution in [0.3, 0.4) is 0 Å². The molecule has 0 saturated carbocycles. The van der Waals surface area contributed by atoms with Crippen LogP contribution < -0.4 is 0 Å². The first kappa shape index (κ1) is 116. The molecule has 30 heteroatoms. The van der Waals surface area contributed by atoms with Gasteiger partial charge in [0.1, 0.15) is 19.8 Å². The molecule has 2 aromatic carbocycles. The third-order valence-electron chi connectivity index (χ3n) is 17.1. The predicted molar refractivity (Wildman–Crippen MR) is 410 cm³/mol. The third-order valence-corrected chi connectivity index (χ3v) is 17.1. The minimum absolute atomic E-state index is 0. The van der Waals surface area contributed by atoms with Crippen LogP contribution in [0, 0.1) is 45.3 Å². The van der Waals surface area contributed by atoms with E-state index >= 15 is 0 Å². The number of aliphatic carboxylic acids is 2. The fraction of sp³-hybridized carbons (Fsp3) is 0.671. The van der Waals surface area contributed by atoms with Crippen LogP contribution in [-0.4, -0.2) is 198 Å². The van der Waals surface area contributed by atoms with Gasteiger partial charge in [-0.25, -0.2) is 29.0 Å². The van der Waals surface area contributed by atoms with Gasteiger partial charge in [-0.05, 0) is 155 Å².